The monoisotopic (exact) mass is 440 g/mol. The van der Waals surface area contributed by atoms with Gasteiger partial charge in [-0.25, -0.2) is 0 Å². The van der Waals surface area contributed by atoms with Gasteiger partial charge >= 0.3 is 0 Å². The Hall–Kier alpha value is -1.12. The minimum Gasteiger partial charge on any atom is -0.396 e. The highest BCUT2D eigenvalue weighted by molar-refractivity contribution is 5.45. The fourth-order valence-electron chi connectivity index (χ4n) is 7.26. The topological polar surface area (TPSA) is 29.5 Å². The van der Waals surface area contributed by atoms with Crippen molar-refractivity contribution in [1.82, 2.24) is 0 Å². The highest BCUT2D eigenvalue weighted by Crippen LogP contribution is 2.60. The summed E-state index contributed by atoms with van der Waals surface area (Å²) in [4.78, 5) is 0. The first-order valence-corrected chi connectivity index (χ1v) is 13.1. The van der Waals surface area contributed by atoms with Gasteiger partial charge in [-0.2, -0.15) is 0 Å². The van der Waals surface area contributed by atoms with Crippen LogP contribution in [0.4, 0.5) is 0 Å². The maximum atomic E-state index is 9.84. The van der Waals surface area contributed by atoms with Crippen LogP contribution in [0.25, 0.3) is 0 Å². The molecule has 2 nitrogen and oxygen atoms in total. The number of hydrogen-bond acceptors (Lipinski definition) is 2. The average Bonchev–Trinajstić information content (AvgIpc) is 3.11. The minimum absolute atomic E-state index is 0.0641. The zero-order valence-electron chi connectivity index (χ0n) is 21.5. The molecule has 0 spiro atoms. The number of aliphatic hydroxyl groups excluding tert-OH is 1. The van der Waals surface area contributed by atoms with E-state index < -0.39 is 0 Å². The molecule has 0 heterocycles. The zero-order valence-corrected chi connectivity index (χ0v) is 21.5. The second-order valence-electron chi connectivity index (χ2n) is 11.6. The van der Waals surface area contributed by atoms with Gasteiger partial charge in [-0.15, -0.1) is 0 Å². The molecule has 0 aromatic heterocycles. The van der Waals surface area contributed by atoms with Crippen LogP contribution in [0.2, 0.25) is 0 Å². The summed E-state index contributed by atoms with van der Waals surface area (Å²) in [6.45, 7) is 18.4. The summed E-state index contributed by atoms with van der Waals surface area (Å²) in [5.41, 5.74) is 5.30. The fraction of sp³-hybridized carbons (Fsp3) is 0.733. The van der Waals surface area contributed by atoms with Crippen LogP contribution in [0.15, 0.2) is 47.6 Å². The molecular weight excluding hydrogens is 392 g/mol. The molecule has 6 atom stereocenters. The molecule has 0 aliphatic heterocycles. The van der Waals surface area contributed by atoms with E-state index in [4.69, 9.17) is 4.74 Å². The van der Waals surface area contributed by atoms with E-state index in [2.05, 4.69) is 53.0 Å². The Kier molecular flexibility index (Phi) is 8.66. The van der Waals surface area contributed by atoms with Crippen LogP contribution in [0.5, 0.6) is 0 Å². The quantitative estimate of drug-likeness (QED) is 0.393. The van der Waals surface area contributed by atoms with Gasteiger partial charge in [0.1, 0.15) is 6.10 Å². The normalized spacial score (nSPS) is 36.8. The van der Waals surface area contributed by atoms with Crippen molar-refractivity contribution in [3.05, 3.63) is 47.6 Å². The summed E-state index contributed by atoms with van der Waals surface area (Å²) in [6, 6.07) is 0. The summed E-state index contributed by atoms with van der Waals surface area (Å²) in [7, 11) is 1.71. The van der Waals surface area contributed by atoms with E-state index in [0.29, 0.717) is 5.41 Å². The van der Waals surface area contributed by atoms with Gasteiger partial charge in [0.05, 0.1) is 6.61 Å². The molecule has 0 saturated heterocycles. The van der Waals surface area contributed by atoms with Crippen LogP contribution in [0.1, 0.15) is 85.5 Å². The van der Waals surface area contributed by atoms with Crippen molar-refractivity contribution in [2.45, 2.75) is 91.6 Å². The molecule has 3 aliphatic carbocycles. The lowest BCUT2D eigenvalue weighted by atomic mass is 9.60. The molecule has 3 rings (SSSR count). The third-order valence-corrected chi connectivity index (χ3v) is 9.18. The number of methoxy groups -OCH3 is 1. The number of ether oxygens (including phenoxy) is 1. The Balaban J connectivity index is 1.75. The number of aliphatic hydroxyl groups is 1. The van der Waals surface area contributed by atoms with Crippen LogP contribution >= 0.6 is 0 Å². The maximum Gasteiger partial charge on any atom is 0.103 e. The standard InChI is InChI=1S/C30H48O2/c1-20(2)10-8-11-21(3)27-15-16-28-24(12-9-17-30(27,28)6)13-14-25-18-26(19-31)23(5)29(32-7)22(25)4/h13-14,20-21,26-29,31H,4-5,8-12,15-19H2,1-3,6-7H3/b24-13+,25-14-/t21?,26-,27+,28-,29+,30+/m0/s1. The third-order valence-electron chi connectivity index (χ3n) is 9.18. The van der Waals surface area contributed by atoms with Gasteiger partial charge in [0.15, 0.2) is 0 Å². The molecule has 3 aliphatic rings. The first kappa shape index (κ1) is 25.5. The van der Waals surface area contributed by atoms with Crippen molar-refractivity contribution in [3.63, 3.8) is 0 Å². The molecule has 0 radical (unpaired) electrons. The minimum atomic E-state index is -0.176. The number of fused-ring (bicyclic) bond motifs is 1. The Morgan fingerprint density at radius 2 is 1.91 bits per heavy atom. The van der Waals surface area contributed by atoms with Gasteiger partial charge in [0.25, 0.3) is 0 Å². The molecule has 2 heteroatoms. The lowest BCUT2D eigenvalue weighted by Gasteiger charge is -2.44. The van der Waals surface area contributed by atoms with Gasteiger partial charge < -0.3 is 9.84 Å². The molecule has 32 heavy (non-hydrogen) atoms. The van der Waals surface area contributed by atoms with E-state index in [9.17, 15) is 5.11 Å². The summed E-state index contributed by atoms with van der Waals surface area (Å²) in [5.74, 6) is 3.30. The van der Waals surface area contributed by atoms with E-state index in [-0.39, 0.29) is 18.6 Å². The second-order valence-corrected chi connectivity index (χ2v) is 11.6. The lowest BCUT2D eigenvalue weighted by molar-refractivity contribution is 0.0929. The summed E-state index contributed by atoms with van der Waals surface area (Å²) >= 11 is 0. The molecule has 1 unspecified atom stereocenters. The van der Waals surface area contributed by atoms with Crippen molar-refractivity contribution in [1.29, 1.82) is 0 Å². The third kappa shape index (κ3) is 5.17. The Labute approximate surface area is 197 Å². The highest BCUT2D eigenvalue weighted by atomic mass is 16.5. The fourth-order valence-corrected chi connectivity index (χ4v) is 7.26. The van der Waals surface area contributed by atoms with Crippen molar-refractivity contribution >= 4 is 0 Å². The van der Waals surface area contributed by atoms with Crippen molar-refractivity contribution in [3.8, 4) is 0 Å². The van der Waals surface area contributed by atoms with Gasteiger partial charge in [-0.05, 0) is 84.3 Å². The molecular formula is C30H48O2. The van der Waals surface area contributed by atoms with E-state index >= 15 is 0 Å². The molecule has 3 saturated carbocycles. The second kappa shape index (κ2) is 10.9. The van der Waals surface area contributed by atoms with Crippen LogP contribution in [-0.2, 0) is 4.74 Å². The molecule has 0 bridgehead atoms. The number of allylic oxidation sites excluding steroid dienone is 3. The van der Waals surface area contributed by atoms with Crippen LogP contribution in [-0.4, -0.2) is 24.9 Å². The number of hydrogen-bond donors (Lipinski definition) is 1. The van der Waals surface area contributed by atoms with E-state index in [1.54, 1.807) is 12.7 Å². The molecule has 3 fully saturated rings. The Morgan fingerprint density at radius 3 is 2.56 bits per heavy atom. The zero-order chi connectivity index (χ0) is 23.5. The SMILES string of the molecule is C=C1/C(=C\C=C2/CCC[C@]3(C)[C@@H](C(C)CCCC(C)C)CC[C@@H]23)C[C@@H](CO)C(=C)[C@@H]1OC. The Bertz CT molecular complexity index is 742. The van der Waals surface area contributed by atoms with Crippen LogP contribution in [0, 0.1) is 35.0 Å². The molecule has 0 aromatic carbocycles. The van der Waals surface area contributed by atoms with Crippen molar-refractivity contribution in [2.75, 3.05) is 13.7 Å². The van der Waals surface area contributed by atoms with Crippen LogP contribution < -0.4 is 0 Å². The van der Waals surface area contributed by atoms with E-state index in [1.807, 2.05) is 0 Å². The first-order chi connectivity index (χ1) is 15.2. The largest absolute Gasteiger partial charge is 0.396 e. The summed E-state index contributed by atoms with van der Waals surface area (Å²) in [5, 5.41) is 9.84. The summed E-state index contributed by atoms with van der Waals surface area (Å²) in [6.07, 6.45) is 16.2. The van der Waals surface area contributed by atoms with Gasteiger partial charge in [0, 0.05) is 13.0 Å². The maximum absolute atomic E-state index is 9.84. The predicted octanol–water partition coefficient (Wildman–Crippen LogP) is 7.66. The number of rotatable bonds is 8. The van der Waals surface area contributed by atoms with Gasteiger partial charge in [-0.3, -0.25) is 0 Å². The molecule has 0 amide bonds. The Morgan fingerprint density at radius 1 is 1.16 bits per heavy atom. The predicted molar refractivity (Wildman–Crippen MR) is 136 cm³/mol. The summed E-state index contributed by atoms with van der Waals surface area (Å²) < 4.78 is 5.67. The molecule has 180 valence electrons. The van der Waals surface area contributed by atoms with E-state index in [0.717, 1.165) is 41.2 Å². The van der Waals surface area contributed by atoms with Crippen LogP contribution in [0.3, 0.4) is 0 Å². The average molecular weight is 441 g/mol. The van der Waals surface area contributed by atoms with Crippen molar-refractivity contribution < 1.29 is 9.84 Å². The van der Waals surface area contributed by atoms with Gasteiger partial charge in [-0.1, -0.05) is 77.8 Å². The lowest BCUT2D eigenvalue weighted by Crippen LogP contribution is -2.36. The first-order valence-electron chi connectivity index (χ1n) is 13.1. The van der Waals surface area contributed by atoms with Gasteiger partial charge in [0.2, 0.25) is 0 Å². The highest BCUT2D eigenvalue weighted by Gasteiger charge is 2.50. The van der Waals surface area contributed by atoms with Crippen molar-refractivity contribution in [2.24, 2.45) is 35.0 Å². The smallest absolute Gasteiger partial charge is 0.103 e. The van der Waals surface area contributed by atoms with E-state index in [1.165, 1.54) is 56.9 Å². The molecule has 0 aromatic rings. The molecule has 1 N–H and O–H groups in total.